The molecule has 3 aliphatic rings. The number of likely N-dealkylation sites (N-methyl/N-ethyl adjacent to an activating group) is 1. The molecular weight excluding hydrogens is 428 g/mol. The highest BCUT2D eigenvalue weighted by Crippen LogP contribution is 2.40. The number of rotatable bonds is 6. The lowest BCUT2D eigenvalue weighted by Gasteiger charge is -2.43. The van der Waals surface area contributed by atoms with E-state index in [1.165, 1.54) is 19.1 Å². The molecular formula is C22H36N6O3S. The summed E-state index contributed by atoms with van der Waals surface area (Å²) in [5, 5.41) is 3.47. The lowest BCUT2D eigenvalue weighted by atomic mass is 9.91. The van der Waals surface area contributed by atoms with Crippen LogP contribution in [0.25, 0.3) is 0 Å². The van der Waals surface area contributed by atoms with Gasteiger partial charge in [0.05, 0.1) is 12.5 Å². The van der Waals surface area contributed by atoms with Gasteiger partial charge in [-0.25, -0.2) is 17.7 Å². The summed E-state index contributed by atoms with van der Waals surface area (Å²) in [5.74, 6) is 1.89. The van der Waals surface area contributed by atoms with Crippen LogP contribution in [0, 0.1) is 5.92 Å². The molecule has 0 radical (unpaired) electrons. The molecule has 0 aromatic carbocycles. The molecule has 32 heavy (non-hydrogen) atoms. The van der Waals surface area contributed by atoms with Crippen LogP contribution in [-0.2, 0) is 14.8 Å². The van der Waals surface area contributed by atoms with Crippen molar-refractivity contribution in [3.63, 3.8) is 0 Å². The quantitative estimate of drug-likeness (QED) is 0.690. The second kappa shape index (κ2) is 9.13. The Hall–Kier alpha value is -1.94. The van der Waals surface area contributed by atoms with Crippen LogP contribution >= 0.6 is 0 Å². The van der Waals surface area contributed by atoms with Gasteiger partial charge in [0.25, 0.3) is 0 Å². The molecule has 1 aromatic rings. The fourth-order valence-corrected chi connectivity index (χ4v) is 6.36. The number of sulfonamides is 1. The SMILES string of the molecule is CC[C@@H]1C(=O)N(C)c2cnc(N[C@@H](C)C3CCN(S(C)(=O)=O)CC3)nc2N1C1CCCC1. The lowest BCUT2D eigenvalue weighted by molar-refractivity contribution is -0.120. The van der Waals surface area contributed by atoms with E-state index in [4.69, 9.17) is 4.98 Å². The zero-order valence-electron chi connectivity index (χ0n) is 19.6. The molecule has 3 heterocycles. The second-order valence-electron chi connectivity index (χ2n) is 9.50. The van der Waals surface area contributed by atoms with E-state index in [1.807, 2.05) is 7.05 Å². The maximum Gasteiger partial charge on any atom is 0.249 e. The third-order valence-electron chi connectivity index (χ3n) is 7.44. The number of amides is 1. The van der Waals surface area contributed by atoms with Crippen molar-refractivity contribution in [2.24, 2.45) is 5.92 Å². The first kappa shape index (κ1) is 23.2. The van der Waals surface area contributed by atoms with Gasteiger partial charge in [-0.15, -0.1) is 0 Å². The topological polar surface area (TPSA) is 98.7 Å². The molecule has 0 bridgehead atoms. The number of hydrogen-bond donors (Lipinski definition) is 1. The molecule has 178 valence electrons. The first-order chi connectivity index (χ1) is 15.2. The van der Waals surface area contributed by atoms with E-state index in [9.17, 15) is 13.2 Å². The monoisotopic (exact) mass is 464 g/mol. The van der Waals surface area contributed by atoms with E-state index in [0.717, 1.165) is 43.6 Å². The summed E-state index contributed by atoms with van der Waals surface area (Å²) < 4.78 is 25.1. The summed E-state index contributed by atoms with van der Waals surface area (Å²) in [7, 11) is -1.32. The van der Waals surface area contributed by atoms with Crippen molar-refractivity contribution >= 4 is 33.4 Å². The number of carbonyl (C=O) groups excluding carboxylic acids is 1. The Morgan fingerprint density at radius 2 is 1.84 bits per heavy atom. The molecule has 0 unspecified atom stereocenters. The van der Waals surface area contributed by atoms with E-state index >= 15 is 0 Å². The van der Waals surface area contributed by atoms with Crippen LogP contribution < -0.4 is 15.1 Å². The van der Waals surface area contributed by atoms with Crippen molar-refractivity contribution < 1.29 is 13.2 Å². The Labute approximate surface area is 191 Å². The number of fused-ring (bicyclic) bond motifs is 1. The second-order valence-corrected chi connectivity index (χ2v) is 11.5. The highest BCUT2D eigenvalue weighted by molar-refractivity contribution is 7.88. The fourth-order valence-electron chi connectivity index (χ4n) is 5.48. The number of nitrogens with one attached hydrogen (secondary N) is 1. The Bertz CT molecular complexity index is 941. The summed E-state index contributed by atoms with van der Waals surface area (Å²) in [6.07, 6.45) is 9.98. The maximum atomic E-state index is 13.0. The minimum atomic E-state index is -3.13. The summed E-state index contributed by atoms with van der Waals surface area (Å²) in [6, 6.07) is 0.285. The predicted octanol–water partition coefficient (Wildman–Crippen LogP) is 2.45. The van der Waals surface area contributed by atoms with E-state index in [0.29, 0.717) is 31.0 Å². The van der Waals surface area contributed by atoms with Crippen LogP contribution in [0.4, 0.5) is 17.5 Å². The largest absolute Gasteiger partial charge is 0.351 e. The Kier molecular flexibility index (Phi) is 6.63. The van der Waals surface area contributed by atoms with E-state index in [-0.39, 0.29) is 18.0 Å². The number of carbonyl (C=O) groups is 1. The van der Waals surface area contributed by atoms with E-state index in [1.54, 1.807) is 15.4 Å². The minimum Gasteiger partial charge on any atom is -0.351 e. The van der Waals surface area contributed by atoms with E-state index < -0.39 is 10.0 Å². The molecule has 9 nitrogen and oxygen atoms in total. The maximum absolute atomic E-state index is 13.0. The summed E-state index contributed by atoms with van der Waals surface area (Å²) in [6.45, 7) is 5.29. The van der Waals surface area contributed by atoms with Gasteiger partial charge in [0.15, 0.2) is 5.82 Å². The fraction of sp³-hybridized carbons (Fsp3) is 0.773. The molecule has 1 saturated heterocycles. The molecule has 2 fully saturated rings. The Morgan fingerprint density at radius 3 is 2.44 bits per heavy atom. The van der Waals surface area contributed by atoms with Crippen molar-refractivity contribution in [3.05, 3.63) is 6.20 Å². The van der Waals surface area contributed by atoms with Gasteiger partial charge in [-0.2, -0.15) is 4.98 Å². The van der Waals surface area contributed by atoms with Crippen molar-refractivity contribution in [3.8, 4) is 0 Å². The Morgan fingerprint density at radius 1 is 1.19 bits per heavy atom. The van der Waals surface area contributed by atoms with Crippen molar-refractivity contribution in [1.29, 1.82) is 0 Å². The molecule has 4 rings (SSSR count). The van der Waals surface area contributed by atoms with Gasteiger partial charge in [0.1, 0.15) is 11.7 Å². The molecule has 1 aromatic heterocycles. The summed E-state index contributed by atoms with van der Waals surface area (Å²) >= 11 is 0. The number of anilines is 3. The molecule has 0 spiro atoms. The van der Waals surface area contributed by atoms with Gasteiger partial charge >= 0.3 is 0 Å². The smallest absolute Gasteiger partial charge is 0.249 e. The number of piperidine rings is 1. The minimum absolute atomic E-state index is 0.113. The standard InChI is InChI=1S/C22H36N6O3S/c1-5-18-21(29)26(3)19-14-23-22(25-20(19)28(18)17-8-6-7-9-17)24-15(2)16-10-12-27(13-11-16)32(4,30)31/h14-18H,5-13H2,1-4H3,(H,23,24,25)/t15-,18+/m0/s1. The molecule has 1 aliphatic carbocycles. The third kappa shape index (κ3) is 4.44. The van der Waals surface area contributed by atoms with E-state index in [2.05, 4.69) is 29.0 Å². The average molecular weight is 465 g/mol. The molecule has 1 saturated carbocycles. The zero-order chi connectivity index (χ0) is 23.0. The molecule has 2 aliphatic heterocycles. The number of aromatic nitrogens is 2. The molecule has 2 atom stereocenters. The summed E-state index contributed by atoms with van der Waals surface area (Å²) in [4.78, 5) is 26.4. The molecule has 1 N–H and O–H groups in total. The van der Waals surface area contributed by atoms with Crippen molar-refractivity contribution in [2.75, 3.05) is 41.5 Å². The van der Waals surface area contributed by atoms with Crippen molar-refractivity contribution in [2.45, 2.75) is 76.9 Å². The average Bonchev–Trinajstić information content (AvgIpc) is 3.30. The van der Waals surface area contributed by atoms with Crippen LogP contribution in [0.2, 0.25) is 0 Å². The van der Waals surface area contributed by atoms with Gasteiger partial charge < -0.3 is 15.1 Å². The van der Waals surface area contributed by atoms with Crippen LogP contribution in [0.15, 0.2) is 6.20 Å². The first-order valence-corrected chi connectivity index (χ1v) is 13.7. The number of nitrogens with zero attached hydrogens (tertiary/aromatic N) is 5. The lowest BCUT2D eigenvalue weighted by Crippen LogP contribution is -2.55. The first-order valence-electron chi connectivity index (χ1n) is 11.8. The third-order valence-corrected chi connectivity index (χ3v) is 8.75. The number of hydrogen-bond acceptors (Lipinski definition) is 7. The van der Waals surface area contributed by atoms with Gasteiger partial charge in [-0.3, -0.25) is 4.79 Å². The highest BCUT2D eigenvalue weighted by atomic mass is 32.2. The van der Waals surface area contributed by atoms with Crippen molar-refractivity contribution in [1.82, 2.24) is 14.3 Å². The van der Waals surface area contributed by atoms with Gasteiger partial charge in [-0.1, -0.05) is 19.8 Å². The molecule has 10 heteroatoms. The zero-order valence-corrected chi connectivity index (χ0v) is 20.4. The molecule has 1 amide bonds. The van der Waals surface area contributed by atoms with Crippen LogP contribution in [0.3, 0.4) is 0 Å². The van der Waals surface area contributed by atoms with Gasteiger partial charge in [0.2, 0.25) is 21.9 Å². The van der Waals surface area contributed by atoms with Crippen LogP contribution in [-0.4, -0.2) is 73.1 Å². The van der Waals surface area contributed by atoms with Gasteiger partial charge in [-0.05, 0) is 44.9 Å². The van der Waals surface area contributed by atoms with Crippen LogP contribution in [0.5, 0.6) is 0 Å². The summed E-state index contributed by atoms with van der Waals surface area (Å²) in [5.41, 5.74) is 0.770. The normalized spacial score (nSPS) is 24.6. The van der Waals surface area contributed by atoms with Gasteiger partial charge in [0, 0.05) is 32.2 Å². The predicted molar refractivity (Wildman–Crippen MR) is 126 cm³/mol. The highest BCUT2D eigenvalue weighted by Gasteiger charge is 2.41. The Balaban J connectivity index is 1.53. The van der Waals surface area contributed by atoms with Crippen LogP contribution in [0.1, 0.15) is 58.8 Å².